The van der Waals surface area contributed by atoms with Gasteiger partial charge in [-0.05, 0) is 30.5 Å². The molecule has 1 N–H and O–H groups in total. The molecule has 7 heteroatoms. The van der Waals surface area contributed by atoms with Crippen LogP contribution in [0.15, 0.2) is 59.5 Å². The van der Waals surface area contributed by atoms with E-state index >= 15 is 0 Å². The minimum atomic E-state index is -3.80. The fourth-order valence-corrected chi connectivity index (χ4v) is 6.31. The van der Waals surface area contributed by atoms with Crippen molar-refractivity contribution in [3.63, 3.8) is 0 Å². The highest BCUT2D eigenvalue weighted by Gasteiger charge is 2.39. The van der Waals surface area contributed by atoms with E-state index in [1.54, 1.807) is 42.5 Å². The molecule has 158 valence electrons. The topological polar surface area (TPSA) is 83.6 Å². The Morgan fingerprint density at radius 2 is 1.63 bits per heavy atom. The van der Waals surface area contributed by atoms with Crippen LogP contribution in [0.3, 0.4) is 0 Å². The van der Waals surface area contributed by atoms with Crippen LogP contribution in [0, 0.1) is 0 Å². The number of carbonyl (C=O) groups excluding carboxylic acids is 2. The molecule has 4 rings (SSSR count). The summed E-state index contributed by atoms with van der Waals surface area (Å²) < 4.78 is 26.9. The number of amides is 2. The second-order valence-corrected chi connectivity index (χ2v) is 10.1. The van der Waals surface area contributed by atoms with Crippen LogP contribution >= 0.6 is 0 Å². The molecule has 2 aromatic rings. The number of fused-ring (bicyclic) bond motifs is 1. The molecule has 0 spiro atoms. The predicted molar refractivity (Wildman–Crippen MR) is 115 cm³/mol. The van der Waals surface area contributed by atoms with E-state index in [0.717, 1.165) is 25.7 Å². The number of nitrogens with zero attached hydrogens (tertiary/aromatic N) is 1. The number of carbonyl (C=O) groups is 2. The third-order valence-electron chi connectivity index (χ3n) is 5.94. The van der Waals surface area contributed by atoms with Crippen molar-refractivity contribution >= 4 is 27.3 Å². The standard InChI is InChI=1S/C23H26N2O4S/c26-22(24-18-11-5-2-6-12-18)16-25-19-13-7-8-14-20(19)30(28,29)21(15-23(25)27)17-9-3-1-4-10-17/h1,3-4,7-10,13-14,18,21H,2,5-6,11-12,15-16H2,(H,24,26)/t21-/m0/s1. The van der Waals surface area contributed by atoms with E-state index in [1.807, 2.05) is 6.07 Å². The lowest BCUT2D eigenvalue weighted by atomic mass is 9.95. The monoisotopic (exact) mass is 426 g/mol. The molecule has 1 aliphatic carbocycles. The summed E-state index contributed by atoms with van der Waals surface area (Å²) in [6.45, 7) is -0.177. The Kier molecular flexibility index (Phi) is 5.90. The molecule has 1 heterocycles. The summed E-state index contributed by atoms with van der Waals surface area (Å²) in [5, 5.41) is 2.05. The fraction of sp³-hybridized carbons (Fsp3) is 0.391. The zero-order chi connectivity index (χ0) is 21.1. The molecule has 0 bridgehead atoms. The van der Waals surface area contributed by atoms with E-state index in [9.17, 15) is 18.0 Å². The van der Waals surface area contributed by atoms with Crippen LogP contribution in [0.25, 0.3) is 0 Å². The molecule has 1 fully saturated rings. The molecule has 2 aromatic carbocycles. The molecule has 1 atom stereocenters. The van der Waals surface area contributed by atoms with Crippen LogP contribution in [0.4, 0.5) is 5.69 Å². The van der Waals surface area contributed by atoms with Crippen molar-refractivity contribution in [2.75, 3.05) is 11.4 Å². The lowest BCUT2D eigenvalue weighted by molar-refractivity contribution is -0.124. The van der Waals surface area contributed by atoms with Gasteiger partial charge in [-0.1, -0.05) is 61.7 Å². The average molecular weight is 427 g/mol. The number of hydrogen-bond acceptors (Lipinski definition) is 4. The third-order valence-corrected chi connectivity index (χ3v) is 8.09. The van der Waals surface area contributed by atoms with Crippen LogP contribution in [-0.4, -0.2) is 32.8 Å². The molecule has 1 aliphatic heterocycles. The van der Waals surface area contributed by atoms with Gasteiger partial charge in [-0.15, -0.1) is 0 Å². The van der Waals surface area contributed by atoms with Gasteiger partial charge < -0.3 is 10.2 Å². The van der Waals surface area contributed by atoms with Gasteiger partial charge in [0.1, 0.15) is 6.54 Å². The van der Waals surface area contributed by atoms with Crippen molar-refractivity contribution in [2.45, 2.75) is 54.7 Å². The predicted octanol–water partition coefficient (Wildman–Crippen LogP) is 3.39. The van der Waals surface area contributed by atoms with Crippen LogP contribution in [0.1, 0.15) is 49.3 Å². The first kappa shape index (κ1) is 20.6. The Bertz CT molecular complexity index is 1030. The normalized spacial score (nSPS) is 21.5. The van der Waals surface area contributed by atoms with E-state index in [-0.39, 0.29) is 41.4 Å². The molecule has 1 saturated carbocycles. The number of sulfone groups is 1. The van der Waals surface area contributed by atoms with Crippen LogP contribution in [-0.2, 0) is 19.4 Å². The van der Waals surface area contributed by atoms with Crippen molar-refractivity contribution in [3.05, 3.63) is 60.2 Å². The van der Waals surface area contributed by atoms with Gasteiger partial charge in [0, 0.05) is 12.5 Å². The Labute approximate surface area is 177 Å². The van der Waals surface area contributed by atoms with Crippen LogP contribution < -0.4 is 10.2 Å². The van der Waals surface area contributed by atoms with Gasteiger partial charge in [0.05, 0.1) is 15.8 Å². The number of hydrogen-bond donors (Lipinski definition) is 1. The molecule has 2 amide bonds. The van der Waals surface area contributed by atoms with Gasteiger partial charge in [0.2, 0.25) is 11.8 Å². The zero-order valence-electron chi connectivity index (χ0n) is 16.8. The van der Waals surface area contributed by atoms with Gasteiger partial charge in [-0.25, -0.2) is 8.42 Å². The first-order valence-electron chi connectivity index (χ1n) is 10.4. The SMILES string of the molecule is O=C(CN1C(=O)C[C@@H](c2ccccc2)S(=O)(=O)c2ccccc21)NC1CCCCC1. The Hall–Kier alpha value is -2.67. The van der Waals surface area contributed by atoms with Crippen molar-refractivity contribution in [1.82, 2.24) is 5.32 Å². The molecule has 0 saturated heterocycles. The molecule has 30 heavy (non-hydrogen) atoms. The van der Waals surface area contributed by atoms with Gasteiger partial charge in [-0.2, -0.15) is 0 Å². The number of anilines is 1. The maximum absolute atomic E-state index is 13.4. The second kappa shape index (κ2) is 8.60. The van der Waals surface area contributed by atoms with E-state index in [2.05, 4.69) is 5.32 Å². The van der Waals surface area contributed by atoms with Gasteiger partial charge in [0.25, 0.3) is 0 Å². The van der Waals surface area contributed by atoms with E-state index < -0.39 is 15.1 Å². The minimum Gasteiger partial charge on any atom is -0.352 e. The smallest absolute Gasteiger partial charge is 0.240 e. The van der Waals surface area contributed by atoms with Crippen molar-refractivity contribution in [3.8, 4) is 0 Å². The minimum absolute atomic E-state index is 0.0927. The summed E-state index contributed by atoms with van der Waals surface area (Å²) in [5.41, 5.74) is 0.855. The fourth-order valence-electron chi connectivity index (χ4n) is 4.39. The van der Waals surface area contributed by atoms with E-state index in [0.29, 0.717) is 5.56 Å². The summed E-state index contributed by atoms with van der Waals surface area (Å²) in [4.78, 5) is 27.3. The molecule has 0 unspecified atom stereocenters. The van der Waals surface area contributed by atoms with Crippen molar-refractivity contribution in [1.29, 1.82) is 0 Å². The van der Waals surface area contributed by atoms with Gasteiger partial charge in [0.15, 0.2) is 9.84 Å². The summed E-state index contributed by atoms with van der Waals surface area (Å²) in [7, 11) is -3.80. The maximum atomic E-state index is 13.4. The summed E-state index contributed by atoms with van der Waals surface area (Å²) in [6, 6.07) is 15.4. The summed E-state index contributed by atoms with van der Waals surface area (Å²) >= 11 is 0. The molecule has 6 nitrogen and oxygen atoms in total. The lowest BCUT2D eigenvalue weighted by Crippen LogP contribution is -2.45. The maximum Gasteiger partial charge on any atom is 0.240 e. The number of para-hydroxylation sites is 1. The van der Waals surface area contributed by atoms with Gasteiger partial charge >= 0.3 is 0 Å². The molecule has 0 radical (unpaired) electrons. The molecule has 0 aromatic heterocycles. The lowest BCUT2D eigenvalue weighted by Gasteiger charge is -2.26. The first-order chi connectivity index (χ1) is 14.5. The summed E-state index contributed by atoms with van der Waals surface area (Å²) in [6.07, 6.45) is 5.06. The number of nitrogens with one attached hydrogen (secondary N) is 1. The number of rotatable bonds is 4. The summed E-state index contributed by atoms with van der Waals surface area (Å²) in [5.74, 6) is -0.614. The zero-order valence-corrected chi connectivity index (χ0v) is 17.6. The highest BCUT2D eigenvalue weighted by atomic mass is 32.2. The quantitative estimate of drug-likeness (QED) is 0.812. The molecular weight excluding hydrogens is 400 g/mol. The van der Waals surface area contributed by atoms with E-state index in [4.69, 9.17) is 0 Å². The van der Waals surface area contributed by atoms with Crippen molar-refractivity contribution < 1.29 is 18.0 Å². The largest absolute Gasteiger partial charge is 0.352 e. The van der Waals surface area contributed by atoms with Crippen LogP contribution in [0.5, 0.6) is 0 Å². The third kappa shape index (κ3) is 4.12. The first-order valence-corrected chi connectivity index (χ1v) is 12.0. The molecule has 2 aliphatic rings. The number of benzene rings is 2. The van der Waals surface area contributed by atoms with E-state index in [1.165, 1.54) is 17.4 Å². The Balaban J connectivity index is 1.66. The Morgan fingerprint density at radius 3 is 2.37 bits per heavy atom. The highest BCUT2D eigenvalue weighted by molar-refractivity contribution is 7.92. The average Bonchev–Trinajstić information content (AvgIpc) is 2.84. The highest BCUT2D eigenvalue weighted by Crippen LogP contribution is 2.40. The molecular formula is C23H26N2O4S. The van der Waals surface area contributed by atoms with Gasteiger partial charge in [-0.3, -0.25) is 9.59 Å². The second-order valence-electron chi connectivity index (χ2n) is 8.00. The Morgan fingerprint density at radius 1 is 0.967 bits per heavy atom. The van der Waals surface area contributed by atoms with Crippen LogP contribution in [0.2, 0.25) is 0 Å². The van der Waals surface area contributed by atoms with Crippen molar-refractivity contribution in [2.24, 2.45) is 0 Å².